The second kappa shape index (κ2) is 6.45. The third kappa shape index (κ3) is 3.05. The van der Waals surface area contributed by atoms with E-state index in [1.165, 1.54) is 12.8 Å². The highest BCUT2D eigenvalue weighted by Crippen LogP contribution is 2.19. The number of hydrogen-bond donors (Lipinski definition) is 1. The van der Waals surface area contributed by atoms with Crippen molar-refractivity contribution < 1.29 is 0 Å². The first-order chi connectivity index (χ1) is 8.85. The Morgan fingerprint density at radius 1 is 1.17 bits per heavy atom. The lowest BCUT2D eigenvalue weighted by Gasteiger charge is -2.17. The highest BCUT2D eigenvalue weighted by molar-refractivity contribution is 5.73. The number of rotatable bonds is 6. The average molecular weight is 243 g/mol. The molecule has 0 aliphatic rings. The van der Waals surface area contributed by atoms with Crippen LogP contribution in [0.25, 0.3) is 11.0 Å². The molecule has 2 aromatic rings. The van der Waals surface area contributed by atoms with Gasteiger partial charge in [0.1, 0.15) is 0 Å². The third-order valence-electron chi connectivity index (χ3n) is 3.12. The van der Waals surface area contributed by atoms with Crippen LogP contribution in [0, 0.1) is 0 Å². The van der Waals surface area contributed by atoms with Crippen LogP contribution < -0.4 is 5.32 Å². The molecule has 0 aliphatic heterocycles. The molecule has 96 valence electrons. The molecule has 3 nitrogen and oxygen atoms in total. The number of nitrogens with zero attached hydrogens (tertiary/aromatic N) is 2. The fraction of sp³-hybridized carbons (Fsp3) is 0.467. The largest absolute Gasteiger partial charge is 0.309 e. The molecule has 1 heterocycles. The quantitative estimate of drug-likeness (QED) is 0.844. The summed E-state index contributed by atoms with van der Waals surface area (Å²) in [6.07, 6.45) is 5.46. The molecule has 0 radical (unpaired) electrons. The molecule has 0 bridgehead atoms. The highest BCUT2D eigenvalue weighted by Gasteiger charge is 2.12. The maximum atomic E-state index is 4.72. The van der Waals surface area contributed by atoms with Crippen LogP contribution in [0.15, 0.2) is 30.5 Å². The predicted molar refractivity (Wildman–Crippen MR) is 75.5 cm³/mol. The molecule has 0 fully saturated rings. The number of unbranched alkanes of at least 4 members (excludes halogenated alkanes) is 1. The zero-order valence-corrected chi connectivity index (χ0v) is 11.2. The SMILES string of the molecule is CCCCC(NCC)c1cnc2ccccc2n1. The Morgan fingerprint density at radius 3 is 2.67 bits per heavy atom. The molecular weight excluding hydrogens is 222 g/mol. The Morgan fingerprint density at radius 2 is 1.94 bits per heavy atom. The van der Waals surface area contributed by atoms with Crippen molar-refractivity contribution in [3.8, 4) is 0 Å². The normalized spacial score (nSPS) is 12.8. The summed E-state index contributed by atoms with van der Waals surface area (Å²) in [5.74, 6) is 0. The van der Waals surface area contributed by atoms with E-state index < -0.39 is 0 Å². The summed E-state index contributed by atoms with van der Waals surface area (Å²) in [5.41, 5.74) is 3.00. The van der Waals surface area contributed by atoms with Crippen molar-refractivity contribution in [2.24, 2.45) is 0 Å². The number of aromatic nitrogens is 2. The van der Waals surface area contributed by atoms with E-state index in [1.54, 1.807) is 0 Å². The fourth-order valence-electron chi connectivity index (χ4n) is 2.15. The Hall–Kier alpha value is -1.48. The van der Waals surface area contributed by atoms with Crippen molar-refractivity contribution in [1.29, 1.82) is 0 Å². The van der Waals surface area contributed by atoms with Gasteiger partial charge in [0, 0.05) is 0 Å². The second-order valence-electron chi connectivity index (χ2n) is 4.54. The van der Waals surface area contributed by atoms with Gasteiger partial charge < -0.3 is 5.32 Å². The van der Waals surface area contributed by atoms with Crippen LogP contribution in [0.1, 0.15) is 44.8 Å². The van der Waals surface area contributed by atoms with Crippen LogP contribution in [0.3, 0.4) is 0 Å². The zero-order valence-electron chi connectivity index (χ0n) is 11.2. The zero-order chi connectivity index (χ0) is 12.8. The minimum atomic E-state index is 0.326. The van der Waals surface area contributed by atoms with Gasteiger partial charge in [0.15, 0.2) is 0 Å². The first kappa shape index (κ1) is 13.0. The molecule has 0 amide bonds. The minimum absolute atomic E-state index is 0.326. The van der Waals surface area contributed by atoms with E-state index in [1.807, 2.05) is 30.5 Å². The van der Waals surface area contributed by atoms with Crippen molar-refractivity contribution in [1.82, 2.24) is 15.3 Å². The van der Waals surface area contributed by atoms with Gasteiger partial charge in [-0.1, -0.05) is 38.8 Å². The van der Waals surface area contributed by atoms with Crippen molar-refractivity contribution in [3.63, 3.8) is 0 Å². The van der Waals surface area contributed by atoms with E-state index in [2.05, 4.69) is 24.1 Å². The van der Waals surface area contributed by atoms with Gasteiger partial charge in [-0.2, -0.15) is 0 Å². The Bertz CT molecular complexity index is 496. The average Bonchev–Trinajstić information content (AvgIpc) is 2.43. The van der Waals surface area contributed by atoms with Crippen LogP contribution in [0.4, 0.5) is 0 Å². The van der Waals surface area contributed by atoms with Gasteiger partial charge in [-0.05, 0) is 25.1 Å². The Balaban J connectivity index is 2.25. The van der Waals surface area contributed by atoms with E-state index >= 15 is 0 Å². The van der Waals surface area contributed by atoms with Gasteiger partial charge in [-0.3, -0.25) is 4.98 Å². The van der Waals surface area contributed by atoms with E-state index in [9.17, 15) is 0 Å². The molecule has 0 spiro atoms. The molecule has 1 aromatic carbocycles. The molecule has 0 saturated carbocycles. The molecule has 1 atom stereocenters. The fourth-order valence-corrected chi connectivity index (χ4v) is 2.15. The number of benzene rings is 1. The van der Waals surface area contributed by atoms with E-state index in [4.69, 9.17) is 4.98 Å². The monoisotopic (exact) mass is 243 g/mol. The van der Waals surface area contributed by atoms with E-state index in [0.29, 0.717) is 6.04 Å². The van der Waals surface area contributed by atoms with E-state index in [-0.39, 0.29) is 0 Å². The van der Waals surface area contributed by atoms with Gasteiger partial charge in [0.25, 0.3) is 0 Å². The van der Waals surface area contributed by atoms with Gasteiger partial charge >= 0.3 is 0 Å². The van der Waals surface area contributed by atoms with Crippen LogP contribution >= 0.6 is 0 Å². The van der Waals surface area contributed by atoms with Gasteiger partial charge in [0.05, 0.1) is 29.0 Å². The lowest BCUT2D eigenvalue weighted by molar-refractivity contribution is 0.484. The Kier molecular flexibility index (Phi) is 4.65. The molecule has 1 unspecified atom stereocenters. The first-order valence-corrected chi connectivity index (χ1v) is 6.80. The molecular formula is C15H21N3. The number of nitrogens with one attached hydrogen (secondary N) is 1. The molecule has 18 heavy (non-hydrogen) atoms. The third-order valence-corrected chi connectivity index (χ3v) is 3.12. The van der Waals surface area contributed by atoms with Gasteiger partial charge in [0.2, 0.25) is 0 Å². The van der Waals surface area contributed by atoms with E-state index in [0.717, 1.165) is 29.7 Å². The van der Waals surface area contributed by atoms with Crippen LogP contribution in [-0.2, 0) is 0 Å². The van der Waals surface area contributed by atoms with Crippen LogP contribution in [-0.4, -0.2) is 16.5 Å². The minimum Gasteiger partial charge on any atom is -0.309 e. The molecule has 0 saturated heterocycles. The maximum Gasteiger partial charge on any atom is 0.0890 e. The molecule has 2 rings (SSSR count). The highest BCUT2D eigenvalue weighted by atomic mass is 14.9. The maximum absolute atomic E-state index is 4.72. The number of para-hydroxylation sites is 2. The van der Waals surface area contributed by atoms with Gasteiger partial charge in [-0.25, -0.2) is 4.98 Å². The lowest BCUT2D eigenvalue weighted by atomic mass is 10.1. The Labute approximate surface area is 109 Å². The van der Waals surface area contributed by atoms with Crippen molar-refractivity contribution in [2.45, 2.75) is 39.2 Å². The van der Waals surface area contributed by atoms with Crippen LogP contribution in [0.2, 0.25) is 0 Å². The molecule has 3 heteroatoms. The first-order valence-electron chi connectivity index (χ1n) is 6.80. The molecule has 0 aliphatic carbocycles. The summed E-state index contributed by atoms with van der Waals surface area (Å²) in [4.78, 5) is 9.21. The van der Waals surface area contributed by atoms with Crippen molar-refractivity contribution in [2.75, 3.05) is 6.54 Å². The number of hydrogen-bond acceptors (Lipinski definition) is 3. The lowest BCUT2D eigenvalue weighted by Crippen LogP contribution is -2.22. The summed E-state index contributed by atoms with van der Waals surface area (Å²) in [6.45, 7) is 5.31. The summed E-state index contributed by atoms with van der Waals surface area (Å²) in [5, 5.41) is 3.50. The summed E-state index contributed by atoms with van der Waals surface area (Å²) in [7, 11) is 0. The number of fused-ring (bicyclic) bond motifs is 1. The summed E-state index contributed by atoms with van der Waals surface area (Å²) in [6, 6.07) is 8.35. The van der Waals surface area contributed by atoms with Crippen molar-refractivity contribution in [3.05, 3.63) is 36.2 Å². The molecule has 1 aromatic heterocycles. The smallest absolute Gasteiger partial charge is 0.0890 e. The molecule has 1 N–H and O–H groups in total. The van der Waals surface area contributed by atoms with Gasteiger partial charge in [-0.15, -0.1) is 0 Å². The topological polar surface area (TPSA) is 37.8 Å². The van der Waals surface area contributed by atoms with Crippen molar-refractivity contribution >= 4 is 11.0 Å². The summed E-state index contributed by atoms with van der Waals surface area (Å²) < 4.78 is 0. The second-order valence-corrected chi connectivity index (χ2v) is 4.54. The van der Waals surface area contributed by atoms with Crippen LogP contribution in [0.5, 0.6) is 0 Å². The predicted octanol–water partition coefficient (Wildman–Crippen LogP) is 3.47. The standard InChI is InChI=1S/C15H21N3/c1-3-5-8-13(16-4-2)15-11-17-12-9-6-7-10-14(12)18-15/h6-7,9-11,13,16H,3-5,8H2,1-2H3. The summed E-state index contributed by atoms with van der Waals surface area (Å²) >= 11 is 0.